The van der Waals surface area contributed by atoms with Gasteiger partial charge in [-0.25, -0.2) is 0 Å². The molecule has 0 heterocycles. The van der Waals surface area contributed by atoms with Crippen LogP contribution in [0.1, 0.15) is 40.0 Å². The highest BCUT2D eigenvalue weighted by Crippen LogP contribution is 2.20. The van der Waals surface area contributed by atoms with Gasteiger partial charge in [0.25, 0.3) is 0 Å². The third kappa shape index (κ3) is 8.47. The highest BCUT2D eigenvalue weighted by Gasteiger charge is 2.37. The Bertz CT molecular complexity index is 336. The Morgan fingerprint density at radius 3 is 1.86 bits per heavy atom. The smallest absolute Gasteiger partial charge is 0.463 e. The molecular formula is C14H28O7Si. The van der Waals surface area contributed by atoms with Crippen LogP contribution in [0.3, 0.4) is 0 Å². The maximum atomic E-state index is 11.2. The fourth-order valence-corrected chi connectivity index (χ4v) is 4.01. The molecule has 0 aromatic carbocycles. The van der Waals surface area contributed by atoms with Crippen LogP contribution in [0, 0.1) is 0 Å². The van der Waals surface area contributed by atoms with Crippen molar-refractivity contribution >= 4 is 20.7 Å². The zero-order chi connectivity index (χ0) is 17.2. The molecule has 0 saturated carbocycles. The first kappa shape index (κ1) is 21.0. The lowest BCUT2D eigenvalue weighted by molar-refractivity contribution is -0.152. The quantitative estimate of drug-likeness (QED) is 0.421. The summed E-state index contributed by atoms with van der Waals surface area (Å²) < 4.78 is 26.4. The van der Waals surface area contributed by atoms with Gasteiger partial charge in [0.05, 0.1) is 0 Å². The van der Waals surface area contributed by atoms with Crippen molar-refractivity contribution in [3.8, 4) is 0 Å². The summed E-state index contributed by atoms with van der Waals surface area (Å²) >= 11 is 0. The van der Waals surface area contributed by atoms with Gasteiger partial charge in [-0.3, -0.25) is 9.59 Å². The number of hydrogen-bond acceptors (Lipinski definition) is 7. The molecule has 130 valence electrons. The number of carbonyl (C=O) groups is 2. The van der Waals surface area contributed by atoms with E-state index in [1.54, 1.807) is 28.3 Å². The first-order chi connectivity index (χ1) is 10.3. The summed E-state index contributed by atoms with van der Waals surface area (Å²) in [5, 5.41) is 0. The fourth-order valence-electron chi connectivity index (χ4n) is 2.26. The second-order valence-corrected chi connectivity index (χ2v) is 8.17. The van der Waals surface area contributed by atoms with E-state index < -0.39 is 8.80 Å². The van der Waals surface area contributed by atoms with E-state index in [9.17, 15) is 9.59 Å². The molecular weight excluding hydrogens is 308 g/mol. The zero-order valence-corrected chi connectivity index (χ0v) is 15.3. The second-order valence-electron chi connectivity index (χ2n) is 5.07. The molecule has 8 heteroatoms. The lowest BCUT2D eigenvalue weighted by Gasteiger charge is -2.25. The topological polar surface area (TPSA) is 80.3 Å². The molecule has 0 aliphatic carbocycles. The molecule has 2 unspecified atom stereocenters. The molecule has 0 amide bonds. The summed E-state index contributed by atoms with van der Waals surface area (Å²) in [6.45, 7) is 4.49. The van der Waals surface area contributed by atoms with E-state index in [4.69, 9.17) is 22.8 Å². The summed E-state index contributed by atoms with van der Waals surface area (Å²) in [4.78, 5) is 22.1. The highest BCUT2D eigenvalue weighted by atomic mass is 28.4. The number of hydrogen-bond donors (Lipinski definition) is 0. The average Bonchev–Trinajstić information content (AvgIpc) is 2.42. The molecule has 0 fully saturated rings. The predicted octanol–water partition coefficient (Wildman–Crippen LogP) is 1.92. The Hall–Kier alpha value is -0.963. The summed E-state index contributed by atoms with van der Waals surface area (Å²) in [6, 6.07) is 0.621. The van der Waals surface area contributed by atoms with Crippen LogP contribution in [0.5, 0.6) is 0 Å². The zero-order valence-electron chi connectivity index (χ0n) is 14.3. The highest BCUT2D eigenvalue weighted by molar-refractivity contribution is 6.60. The summed E-state index contributed by atoms with van der Waals surface area (Å²) in [5.74, 6) is -0.701. The molecule has 0 aromatic heterocycles. The van der Waals surface area contributed by atoms with Gasteiger partial charge in [0.2, 0.25) is 0 Å². The summed E-state index contributed by atoms with van der Waals surface area (Å²) in [5.41, 5.74) is 0. The molecule has 0 N–H and O–H groups in total. The Morgan fingerprint density at radius 2 is 1.45 bits per heavy atom. The van der Waals surface area contributed by atoms with Gasteiger partial charge in [-0.05, 0) is 19.8 Å². The third-order valence-electron chi connectivity index (χ3n) is 3.24. The van der Waals surface area contributed by atoms with E-state index in [1.165, 1.54) is 13.8 Å². The SMILES string of the molecule is CO[Si](CCCC(CC(C)OC(C)=O)OC(C)=O)(OC)OC. The van der Waals surface area contributed by atoms with Crippen molar-refractivity contribution in [1.82, 2.24) is 0 Å². The Balaban J connectivity index is 4.47. The molecule has 2 atom stereocenters. The largest absolute Gasteiger partial charge is 0.500 e. The van der Waals surface area contributed by atoms with Crippen molar-refractivity contribution in [1.29, 1.82) is 0 Å². The molecule has 22 heavy (non-hydrogen) atoms. The van der Waals surface area contributed by atoms with Gasteiger partial charge in [0.1, 0.15) is 12.2 Å². The Kier molecular flexibility index (Phi) is 10.2. The Labute approximate surface area is 133 Å². The number of rotatable bonds is 11. The lowest BCUT2D eigenvalue weighted by Crippen LogP contribution is -2.42. The van der Waals surface area contributed by atoms with E-state index >= 15 is 0 Å². The molecule has 0 bridgehead atoms. The van der Waals surface area contributed by atoms with Crippen LogP contribution in [-0.4, -0.2) is 54.3 Å². The molecule has 7 nitrogen and oxygen atoms in total. The minimum absolute atomic E-state index is 0.309. The first-order valence-electron chi connectivity index (χ1n) is 7.28. The standard InChI is InChI=1S/C14H28O7Si/c1-11(20-12(2)15)10-14(21-13(3)16)8-7-9-22(17-4,18-5)19-6/h11,14H,7-10H2,1-6H3. The van der Waals surface area contributed by atoms with E-state index in [0.717, 1.165) is 0 Å². The van der Waals surface area contributed by atoms with Crippen molar-refractivity contribution < 1.29 is 32.3 Å². The minimum atomic E-state index is -2.62. The van der Waals surface area contributed by atoms with Gasteiger partial charge in [0.15, 0.2) is 0 Å². The normalized spacial score (nSPS) is 14.3. The maximum Gasteiger partial charge on any atom is 0.500 e. The van der Waals surface area contributed by atoms with Crippen LogP contribution in [0.4, 0.5) is 0 Å². The number of esters is 2. The molecule has 0 aliphatic heterocycles. The summed E-state index contributed by atoms with van der Waals surface area (Å²) in [7, 11) is 2.07. The number of ether oxygens (including phenoxy) is 2. The fraction of sp³-hybridized carbons (Fsp3) is 0.857. The van der Waals surface area contributed by atoms with Crippen molar-refractivity contribution in [2.24, 2.45) is 0 Å². The second kappa shape index (κ2) is 10.7. The van der Waals surface area contributed by atoms with Gasteiger partial charge < -0.3 is 22.8 Å². The summed E-state index contributed by atoms with van der Waals surface area (Å²) in [6.07, 6.45) is 1.17. The van der Waals surface area contributed by atoms with Gasteiger partial charge in [-0.2, -0.15) is 0 Å². The molecule has 0 aliphatic rings. The maximum absolute atomic E-state index is 11.2. The minimum Gasteiger partial charge on any atom is -0.463 e. The third-order valence-corrected chi connectivity index (χ3v) is 6.07. The Morgan fingerprint density at radius 1 is 0.955 bits per heavy atom. The molecule has 0 rings (SSSR count). The van der Waals surface area contributed by atoms with Crippen LogP contribution in [0.25, 0.3) is 0 Å². The van der Waals surface area contributed by atoms with Crippen molar-refractivity contribution in [3.05, 3.63) is 0 Å². The molecule has 0 aromatic rings. The molecule has 0 radical (unpaired) electrons. The van der Waals surface area contributed by atoms with E-state index in [0.29, 0.717) is 25.3 Å². The lowest BCUT2D eigenvalue weighted by atomic mass is 10.1. The van der Waals surface area contributed by atoms with Crippen LogP contribution in [-0.2, 0) is 32.3 Å². The van der Waals surface area contributed by atoms with Gasteiger partial charge in [0, 0.05) is 47.6 Å². The van der Waals surface area contributed by atoms with Crippen LogP contribution < -0.4 is 0 Å². The van der Waals surface area contributed by atoms with Gasteiger partial charge in [-0.15, -0.1) is 0 Å². The van der Waals surface area contributed by atoms with Crippen LogP contribution in [0.15, 0.2) is 0 Å². The monoisotopic (exact) mass is 336 g/mol. The average molecular weight is 336 g/mol. The number of carbonyl (C=O) groups excluding carboxylic acids is 2. The van der Waals surface area contributed by atoms with Crippen molar-refractivity contribution in [2.45, 2.75) is 58.3 Å². The van der Waals surface area contributed by atoms with E-state index in [1.807, 2.05) is 0 Å². The van der Waals surface area contributed by atoms with Crippen LogP contribution >= 0.6 is 0 Å². The van der Waals surface area contributed by atoms with E-state index in [2.05, 4.69) is 0 Å². The van der Waals surface area contributed by atoms with Gasteiger partial charge >= 0.3 is 20.7 Å². The molecule has 0 saturated heterocycles. The van der Waals surface area contributed by atoms with E-state index in [-0.39, 0.29) is 24.1 Å². The first-order valence-corrected chi connectivity index (χ1v) is 9.21. The predicted molar refractivity (Wildman–Crippen MR) is 82.2 cm³/mol. The van der Waals surface area contributed by atoms with Gasteiger partial charge in [-0.1, -0.05) is 0 Å². The van der Waals surface area contributed by atoms with Crippen molar-refractivity contribution in [3.63, 3.8) is 0 Å². The van der Waals surface area contributed by atoms with Crippen LogP contribution in [0.2, 0.25) is 6.04 Å². The van der Waals surface area contributed by atoms with Crippen molar-refractivity contribution in [2.75, 3.05) is 21.3 Å². The molecule has 0 spiro atoms.